The third-order valence-corrected chi connectivity index (χ3v) is 5.15. The molecule has 1 aromatic carbocycles. The summed E-state index contributed by atoms with van der Waals surface area (Å²) in [7, 11) is 0. The van der Waals surface area contributed by atoms with Gasteiger partial charge in [-0.25, -0.2) is 0 Å². The molecule has 0 aromatic heterocycles. The summed E-state index contributed by atoms with van der Waals surface area (Å²) in [5.41, 5.74) is 1.23. The zero-order valence-corrected chi connectivity index (χ0v) is 11.6. The molecule has 0 amide bonds. The number of hydrogen-bond acceptors (Lipinski definition) is 2. The van der Waals surface area contributed by atoms with Crippen LogP contribution in [-0.2, 0) is 10.2 Å². The topological polar surface area (TPSA) is 29.5 Å². The molecule has 1 atom stereocenters. The Morgan fingerprint density at radius 3 is 2.32 bits per heavy atom. The van der Waals surface area contributed by atoms with Gasteiger partial charge in [-0.15, -0.1) is 0 Å². The molecule has 104 valence electrons. The number of aliphatic hydroxyl groups excluding tert-OH is 1. The molecule has 1 N–H and O–H groups in total. The smallest absolute Gasteiger partial charge is 0.0666 e. The summed E-state index contributed by atoms with van der Waals surface area (Å²) in [4.78, 5) is 0. The van der Waals surface area contributed by atoms with Crippen molar-refractivity contribution in [3.05, 3.63) is 35.9 Å². The molecule has 0 radical (unpaired) electrons. The fraction of sp³-hybridized carbons (Fsp3) is 0.647. The Morgan fingerprint density at radius 2 is 1.68 bits per heavy atom. The summed E-state index contributed by atoms with van der Waals surface area (Å²) >= 11 is 0. The lowest BCUT2D eigenvalue weighted by atomic mass is 9.66. The summed E-state index contributed by atoms with van der Waals surface area (Å²) < 4.78 is 5.55. The van der Waals surface area contributed by atoms with Gasteiger partial charge in [-0.05, 0) is 37.2 Å². The second-order valence-corrected chi connectivity index (χ2v) is 6.12. The maximum Gasteiger partial charge on any atom is 0.0666 e. The normalized spacial score (nSPS) is 25.3. The van der Waals surface area contributed by atoms with Crippen molar-refractivity contribution in [2.45, 2.75) is 50.0 Å². The number of aliphatic hydroxyl groups is 1. The molecular formula is C17H24O2. The number of ether oxygens (including phenoxy) is 1. The van der Waals surface area contributed by atoms with E-state index in [1.807, 2.05) is 0 Å². The highest BCUT2D eigenvalue weighted by Crippen LogP contribution is 2.44. The van der Waals surface area contributed by atoms with Crippen molar-refractivity contribution in [3.8, 4) is 0 Å². The number of rotatable bonds is 3. The van der Waals surface area contributed by atoms with Gasteiger partial charge in [0.2, 0.25) is 0 Å². The fourth-order valence-electron chi connectivity index (χ4n) is 3.99. The predicted octanol–water partition coefficient (Wildman–Crippen LogP) is 3.29. The van der Waals surface area contributed by atoms with Crippen molar-refractivity contribution in [1.82, 2.24) is 0 Å². The average molecular weight is 260 g/mol. The molecule has 19 heavy (non-hydrogen) atoms. The van der Waals surface area contributed by atoms with Gasteiger partial charge in [0.15, 0.2) is 0 Å². The minimum Gasteiger partial charge on any atom is -0.392 e. The van der Waals surface area contributed by atoms with Gasteiger partial charge < -0.3 is 9.84 Å². The van der Waals surface area contributed by atoms with E-state index < -0.39 is 0 Å². The van der Waals surface area contributed by atoms with Crippen molar-refractivity contribution in [2.75, 3.05) is 13.2 Å². The minimum atomic E-state index is -0.207. The Kier molecular flexibility index (Phi) is 3.90. The van der Waals surface area contributed by atoms with Crippen LogP contribution in [0.25, 0.3) is 0 Å². The molecule has 1 unspecified atom stereocenters. The summed E-state index contributed by atoms with van der Waals surface area (Å²) in [6, 6.07) is 10.6. The van der Waals surface area contributed by atoms with Crippen molar-refractivity contribution >= 4 is 0 Å². The molecule has 1 aromatic rings. The van der Waals surface area contributed by atoms with E-state index in [0.29, 0.717) is 5.92 Å². The summed E-state index contributed by atoms with van der Waals surface area (Å²) in [5, 5.41) is 11.0. The van der Waals surface area contributed by atoms with Crippen LogP contribution in [0.15, 0.2) is 30.3 Å². The van der Waals surface area contributed by atoms with Crippen LogP contribution in [0, 0.1) is 5.92 Å². The van der Waals surface area contributed by atoms with Crippen LogP contribution in [0.3, 0.4) is 0 Å². The van der Waals surface area contributed by atoms with E-state index in [9.17, 15) is 5.11 Å². The Hall–Kier alpha value is -0.860. The van der Waals surface area contributed by atoms with E-state index in [0.717, 1.165) is 26.1 Å². The Morgan fingerprint density at radius 1 is 1.05 bits per heavy atom. The molecule has 1 aliphatic heterocycles. The van der Waals surface area contributed by atoms with Gasteiger partial charge in [-0.2, -0.15) is 0 Å². The molecule has 0 spiro atoms. The van der Waals surface area contributed by atoms with Crippen LogP contribution < -0.4 is 0 Å². The third-order valence-electron chi connectivity index (χ3n) is 5.15. The van der Waals surface area contributed by atoms with Gasteiger partial charge in [0.1, 0.15) is 0 Å². The maximum absolute atomic E-state index is 11.0. The maximum atomic E-state index is 11.0. The molecule has 3 rings (SSSR count). The average Bonchev–Trinajstić information content (AvgIpc) is 3.02. The second kappa shape index (κ2) is 5.64. The van der Waals surface area contributed by atoms with Crippen LogP contribution in [0.1, 0.15) is 44.1 Å². The van der Waals surface area contributed by atoms with E-state index in [-0.39, 0.29) is 11.5 Å². The van der Waals surface area contributed by atoms with E-state index in [1.165, 1.54) is 31.2 Å². The lowest BCUT2D eigenvalue weighted by Crippen LogP contribution is -2.47. The molecule has 2 aliphatic rings. The van der Waals surface area contributed by atoms with Gasteiger partial charge in [-0.1, -0.05) is 43.2 Å². The molecule has 1 saturated heterocycles. The minimum absolute atomic E-state index is 0.0749. The monoisotopic (exact) mass is 260 g/mol. The lowest BCUT2D eigenvalue weighted by molar-refractivity contribution is -0.0395. The van der Waals surface area contributed by atoms with Crippen LogP contribution in [0.2, 0.25) is 0 Å². The molecule has 2 heteroatoms. The highest BCUT2D eigenvalue weighted by Gasteiger charge is 2.44. The second-order valence-electron chi connectivity index (χ2n) is 6.12. The molecular weight excluding hydrogens is 236 g/mol. The molecule has 1 aliphatic carbocycles. The molecule has 1 saturated carbocycles. The lowest BCUT2D eigenvalue weighted by Gasteiger charge is -2.44. The Balaban J connectivity index is 1.91. The first kappa shape index (κ1) is 13.1. The fourth-order valence-corrected chi connectivity index (χ4v) is 3.99. The van der Waals surface area contributed by atoms with E-state index >= 15 is 0 Å². The van der Waals surface area contributed by atoms with E-state index in [2.05, 4.69) is 30.3 Å². The largest absolute Gasteiger partial charge is 0.392 e. The Labute approximate surface area is 115 Å². The van der Waals surface area contributed by atoms with Crippen molar-refractivity contribution in [3.63, 3.8) is 0 Å². The van der Waals surface area contributed by atoms with Crippen LogP contribution >= 0.6 is 0 Å². The SMILES string of the molecule is OC(C1CCCC1)C1(c2ccccc2)CCOCC1. The van der Waals surface area contributed by atoms with Gasteiger partial charge in [0, 0.05) is 18.6 Å². The van der Waals surface area contributed by atoms with Gasteiger partial charge in [-0.3, -0.25) is 0 Å². The summed E-state index contributed by atoms with van der Waals surface area (Å²) in [6.45, 7) is 1.55. The standard InChI is InChI=1S/C17H24O2/c18-16(14-6-4-5-7-14)17(10-12-19-13-11-17)15-8-2-1-3-9-15/h1-3,8-9,14,16,18H,4-7,10-13H2. The zero-order chi connectivity index (χ0) is 13.1. The summed E-state index contributed by atoms with van der Waals surface area (Å²) in [5.74, 6) is 0.485. The zero-order valence-electron chi connectivity index (χ0n) is 11.6. The molecule has 1 heterocycles. The third kappa shape index (κ3) is 2.44. The predicted molar refractivity (Wildman–Crippen MR) is 76.1 cm³/mol. The Bertz CT molecular complexity index is 389. The first-order chi connectivity index (χ1) is 9.33. The van der Waals surface area contributed by atoms with Gasteiger partial charge >= 0.3 is 0 Å². The molecule has 0 bridgehead atoms. The van der Waals surface area contributed by atoms with Crippen LogP contribution in [-0.4, -0.2) is 24.4 Å². The highest BCUT2D eigenvalue weighted by atomic mass is 16.5. The molecule has 2 nitrogen and oxygen atoms in total. The highest BCUT2D eigenvalue weighted by molar-refractivity contribution is 5.28. The molecule has 2 fully saturated rings. The summed E-state index contributed by atoms with van der Waals surface area (Å²) in [6.07, 6.45) is 6.64. The van der Waals surface area contributed by atoms with Crippen molar-refractivity contribution in [1.29, 1.82) is 0 Å². The number of hydrogen-bond donors (Lipinski definition) is 1. The van der Waals surface area contributed by atoms with Crippen molar-refractivity contribution in [2.24, 2.45) is 5.92 Å². The van der Waals surface area contributed by atoms with Gasteiger partial charge in [0.05, 0.1) is 6.10 Å². The first-order valence-electron chi connectivity index (χ1n) is 7.64. The van der Waals surface area contributed by atoms with Crippen LogP contribution in [0.4, 0.5) is 0 Å². The number of benzene rings is 1. The van der Waals surface area contributed by atoms with Gasteiger partial charge in [0.25, 0.3) is 0 Å². The quantitative estimate of drug-likeness (QED) is 0.903. The van der Waals surface area contributed by atoms with E-state index in [1.54, 1.807) is 0 Å². The first-order valence-corrected chi connectivity index (χ1v) is 7.64. The van der Waals surface area contributed by atoms with Crippen molar-refractivity contribution < 1.29 is 9.84 Å². The van der Waals surface area contributed by atoms with E-state index in [4.69, 9.17) is 4.74 Å². The van der Waals surface area contributed by atoms with Crippen LogP contribution in [0.5, 0.6) is 0 Å².